The summed E-state index contributed by atoms with van der Waals surface area (Å²) in [5.41, 5.74) is 0.855. The van der Waals surface area contributed by atoms with Crippen LogP contribution < -0.4 is 0 Å². The predicted octanol–water partition coefficient (Wildman–Crippen LogP) is 2.27. The molecule has 0 aliphatic rings. The number of halogens is 1. The fourth-order valence-corrected chi connectivity index (χ4v) is 1.13. The van der Waals surface area contributed by atoms with Crippen molar-refractivity contribution in [2.45, 2.75) is 13.3 Å². The van der Waals surface area contributed by atoms with Gasteiger partial charge in [-0.15, -0.1) is 20.2 Å². The standard InChI is InChI=1S/C4H10ClP/c1-2-3-6-4-5/h6H,2-4H2,1H3. The van der Waals surface area contributed by atoms with E-state index in [0.717, 1.165) is 14.2 Å². The molecule has 6 heavy (non-hydrogen) atoms. The Morgan fingerprint density at radius 2 is 2.33 bits per heavy atom. The Morgan fingerprint density at radius 1 is 1.67 bits per heavy atom. The molecule has 0 nitrogen and oxygen atoms in total. The summed E-state index contributed by atoms with van der Waals surface area (Å²) >= 11 is 5.39. The molecule has 0 bridgehead atoms. The highest BCUT2D eigenvalue weighted by atomic mass is 35.5. The van der Waals surface area contributed by atoms with E-state index >= 15 is 0 Å². The van der Waals surface area contributed by atoms with Crippen molar-refractivity contribution in [1.82, 2.24) is 0 Å². The fraction of sp³-hybridized carbons (Fsp3) is 1.00. The Morgan fingerprint density at radius 3 is 2.50 bits per heavy atom. The van der Waals surface area contributed by atoms with E-state index in [4.69, 9.17) is 11.6 Å². The van der Waals surface area contributed by atoms with Gasteiger partial charge in [-0.2, -0.15) is 0 Å². The van der Waals surface area contributed by atoms with Gasteiger partial charge in [0.05, 0.1) is 0 Å². The van der Waals surface area contributed by atoms with Gasteiger partial charge in [0.15, 0.2) is 0 Å². The van der Waals surface area contributed by atoms with E-state index in [0.29, 0.717) is 0 Å². The SMILES string of the molecule is CCCPCCl. The van der Waals surface area contributed by atoms with Crippen molar-refractivity contribution in [3.05, 3.63) is 0 Å². The molecule has 0 aromatic heterocycles. The van der Waals surface area contributed by atoms with Gasteiger partial charge >= 0.3 is 0 Å². The van der Waals surface area contributed by atoms with Crippen LogP contribution in [0.15, 0.2) is 0 Å². The van der Waals surface area contributed by atoms with E-state index in [1.807, 2.05) is 0 Å². The van der Waals surface area contributed by atoms with E-state index < -0.39 is 0 Å². The van der Waals surface area contributed by atoms with Crippen molar-refractivity contribution in [3.8, 4) is 0 Å². The molecule has 0 fully saturated rings. The lowest BCUT2D eigenvalue weighted by Gasteiger charge is -1.85. The number of hydrogen-bond donors (Lipinski definition) is 0. The summed E-state index contributed by atoms with van der Waals surface area (Å²) in [6.45, 7) is 2.18. The monoisotopic (exact) mass is 124 g/mol. The quantitative estimate of drug-likeness (QED) is 0.308. The third-order valence-corrected chi connectivity index (χ3v) is 2.13. The van der Waals surface area contributed by atoms with Crippen molar-refractivity contribution in [2.75, 3.05) is 11.8 Å². The molecular weight excluding hydrogens is 114 g/mol. The molecule has 0 spiro atoms. The Balaban J connectivity index is 2.34. The minimum atomic E-state index is 0.855. The van der Waals surface area contributed by atoms with E-state index in [-0.39, 0.29) is 0 Å². The normalized spacial score (nSPS) is 11.0. The zero-order valence-electron chi connectivity index (χ0n) is 4.00. The molecule has 0 amide bonds. The second-order valence-corrected chi connectivity index (χ2v) is 3.20. The molecule has 0 aromatic carbocycles. The van der Waals surface area contributed by atoms with Crippen LogP contribution >= 0.6 is 20.2 Å². The molecule has 1 atom stereocenters. The van der Waals surface area contributed by atoms with E-state index in [9.17, 15) is 0 Å². The van der Waals surface area contributed by atoms with Crippen LogP contribution in [0.4, 0.5) is 0 Å². The van der Waals surface area contributed by atoms with E-state index in [1.54, 1.807) is 0 Å². The molecule has 0 rings (SSSR count). The molecule has 1 unspecified atom stereocenters. The maximum Gasteiger partial charge on any atom is 0.0395 e. The molecule has 0 aliphatic carbocycles. The van der Waals surface area contributed by atoms with Gasteiger partial charge in [0, 0.05) is 5.62 Å². The summed E-state index contributed by atoms with van der Waals surface area (Å²) < 4.78 is 0. The van der Waals surface area contributed by atoms with Gasteiger partial charge in [-0.25, -0.2) is 0 Å². The van der Waals surface area contributed by atoms with Crippen LogP contribution in [-0.2, 0) is 0 Å². The fourth-order valence-electron chi connectivity index (χ4n) is 0.244. The Bertz CT molecular complexity index is 19.5. The first-order chi connectivity index (χ1) is 2.91. The summed E-state index contributed by atoms with van der Waals surface area (Å²) in [6, 6.07) is 0. The van der Waals surface area contributed by atoms with Crippen molar-refractivity contribution in [3.63, 3.8) is 0 Å². The smallest absolute Gasteiger partial charge is 0.0395 e. The summed E-state index contributed by atoms with van der Waals surface area (Å²) in [6.07, 6.45) is 2.59. The molecule has 0 radical (unpaired) electrons. The van der Waals surface area contributed by atoms with Gasteiger partial charge in [-0.3, -0.25) is 0 Å². The van der Waals surface area contributed by atoms with Gasteiger partial charge in [0.25, 0.3) is 0 Å². The first-order valence-electron chi connectivity index (χ1n) is 2.18. The van der Waals surface area contributed by atoms with Crippen molar-refractivity contribution >= 4 is 20.2 Å². The van der Waals surface area contributed by atoms with Gasteiger partial charge in [0.2, 0.25) is 0 Å². The zero-order chi connectivity index (χ0) is 4.83. The summed E-state index contributed by atoms with van der Waals surface area (Å²) in [5.74, 6) is 0. The lowest BCUT2D eigenvalue weighted by Crippen LogP contribution is -1.65. The van der Waals surface area contributed by atoms with Crippen molar-refractivity contribution < 1.29 is 0 Å². The molecular formula is C4H10ClP. The summed E-state index contributed by atoms with van der Waals surface area (Å²) in [4.78, 5) is 0. The Kier molecular flexibility index (Phi) is 6.41. The summed E-state index contributed by atoms with van der Waals surface area (Å²) in [7, 11) is 0.980. The molecule has 0 saturated heterocycles. The van der Waals surface area contributed by atoms with Crippen molar-refractivity contribution in [2.24, 2.45) is 0 Å². The molecule has 0 aliphatic heterocycles. The predicted molar refractivity (Wildman–Crippen MR) is 34.2 cm³/mol. The van der Waals surface area contributed by atoms with Crippen LogP contribution in [0.5, 0.6) is 0 Å². The second-order valence-electron chi connectivity index (χ2n) is 1.13. The summed E-state index contributed by atoms with van der Waals surface area (Å²) in [5, 5.41) is 0. The third-order valence-electron chi connectivity index (χ3n) is 0.521. The number of rotatable bonds is 3. The van der Waals surface area contributed by atoms with Crippen LogP contribution in [0.3, 0.4) is 0 Å². The minimum absolute atomic E-state index is 0.855. The highest BCUT2D eigenvalue weighted by Gasteiger charge is 1.75. The van der Waals surface area contributed by atoms with Crippen LogP contribution in [0.1, 0.15) is 13.3 Å². The topological polar surface area (TPSA) is 0 Å². The number of alkyl halides is 1. The largest absolute Gasteiger partial charge is 0.122 e. The average molecular weight is 125 g/mol. The van der Waals surface area contributed by atoms with E-state index in [1.165, 1.54) is 12.6 Å². The van der Waals surface area contributed by atoms with Gasteiger partial charge in [0.1, 0.15) is 0 Å². The first-order valence-corrected chi connectivity index (χ1v) is 4.13. The van der Waals surface area contributed by atoms with Gasteiger partial charge in [-0.05, 0) is 6.16 Å². The van der Waals surface area contributed by atoms with Crippen LogP contribution in [0.25, 0.3) is 0 Å². The van der Waals surface area contributed by atoms with Crippen LogP contribution in [0, 0.1) is 0 Å². The first kappa shape index (κ1) is 6.72. The van der Waals surface area contributed by atoms with Crippen LogP contribution in [0.2, 0.25) is 0 Å². The maximum absolute atomic E-state index is 5.39. The maximum atomic E-state index is 5.39. The highest BCUT2D eigenvalue weighted by molar-refractivity contribution is 7.40. The Hall–Kier alpha value is 0.720. The van der Waals surface area contributed by atoms with E-state index in [2.05, 4.69) is 6.92 Å². The zero-order valence-corrected chi connectivity index (χ0v) is 5.76. The number of hydrogen-bond acceptors (Lipinski definition) is 0. The lowest BCUT2D eigenvalue weighted by molar-refractivity contribution is 1.10. The Labute approximate surface area is 46.1 Å². The molecule has 0 saturated carbocycles. The molecule has 0 N–H and O–H groups in total. The molecule has 38 valence electrons. The lowest BCUT2D eigenvalue weighted by atomic mass is 10.6. The van der Waals surface area contributed by atoms with Crippen LogP contribution in [-0.4, -0.2) is 11.8 Å². The third kappa shape index (κ3) is 4.72. The molecule has 2 heteroatoms. The van der Waals surface area contributed by atoms with Crippen molar-refractivity contribution in [1.29, 1.82) is 0 Å². The minimum Gasteiger partial charge on any atom is -0.122 e. The van der Waals surface area contributed by atoms with Gasteiger partial charge in [-0.1, -0.05) is 13.3 Å². The second kappa shape index (κ2) is 5.72. The average Bonchev–Trinajstić information content (AvgIpc) is 1.61. The molecule has 0 aromatic rings. The highest BCUT2D eigenvalue weighted by Crippen LogP contribution is 2.11. The van der Waals surface area contributed by atoms with Gasteiger partial charge < -0.3 is 0 Å². The molecule has 0 heterocycles.